The van der Waals surface area contributed by atoms with Gasteiger partial charge in [-0.15, -0.1) is 0 Å². The van der Waals surface area contributed by atoms with Crippen LogP contribution in [0.3, 0.4) is 0 Å². The first-order valence-electron chi connectivity index (χ1n) is 6.56. The Kier molecular flexibility index (Phi) is 3.91. The molecule has 0 saturated heterocycles. The summed E-state index contributed by atoms with van der Waals surface area (Å²) in [7, 11) is 0. The van der Waals surface area contributed by atoms with E-state index < -0.39 is 0 Å². The molecule has 0 radical (unpaired) electrons. The summed E-state index contributed by atoms with van der Waals surface area (Å²) in [6.07, 6.45) is 1.36. The van der Waals surface area contributed by atoms with E-state index in [0.717, 1.165) is 0 Å². The number of benzene rings is 2. The van der Waals surface area contributed by atoms with Crippen LogP contribution in [0, 0.1) is 11.6 Å². The molecule has 0 atom stereocenters. The second-order valence-electron chi connectivity index (χ2n) is 4.56. The van der Waals surface area contributed by atoms with Crippen LogP contribution in [0.5, 0.6) is 0 Å². The van der Waals surface area contributed by atoms with Gasteiger partial charge < -0.3 is 10.6 Å². The van der Waals surface area contributed by atoms with Crippen LogP contribution in [-0.4, -0.2) is 9.97 Å². The van der Waals surface area contributed by atoms with Crippen LogP contribution in [0.2, 0.25) is 0 Å². The maximum atomic E-state index is 13.2. The lowest BCUT2D eigenvalue weighted by atomic mass is 10.3. The Morgan fingerprint density at radius 3 is 1.64 bits per heavy atom. The van der Waals surface area contributed by atoms with Crippen LogP contribution in [0.25, 0.3) is 0 Å². The molecule has 0 unspecified atom stereocenters. The first kappa shape index (κ1) is 13.9. The van der Waals surface area contributed by atoms with Crippen molar-refractivity contribution in [1.82, 2.24) is 9.97 Å². The van der Waals surface area contributed by atoms with Gasteiger partial charge in [0.1, 0.15) is 29.6 Å². The van der Waals surface area contributed by atoms with Crippen molar-refractivity contribution in [2.75, 3.05) is 10.6 Å². The number of nitrogens with zero attached hydrogens (tertiary/aromatic N) is 2. The van der Waals surface area contributed by atoms with Gasteiger partial charge in [0, 0.05) is 17.4 Å². The molecule has 3 rings (SSSR count). The second kappa shape index (κ2) is 6.17. The van der Waals surface area contributed by atoms with E-state index in [9.17, 15) is 8.78 Å². The Morgan fingerprint density at radius 1 is 0.682 bits per heavy atom. The van der Waals surface area contributed by atoms with Gasteiger partial charge in [0.25, 0.3) is 0 Å². The van der Waals surface area contributed by atoms with Crippen LogP contribution in [0.15, 0.2) is 60.9 Å². The molecule has 6 heteroatoms. The zero-order valence-electron chi connectivity index (χ0n) is 11.4. The zero-order valence-corrected chi connectivity index (χ0v) is 11.4. The molecule has 22 heavy (non-hydrogen) atoms. The van der Waals surface area contributed by atoms with Gasteiger partial charge in [-0.1, -0.05) is 12.1 Å². The SMILES string of the molecule is Fc1cccc(Nc2cc(Nc3cccc(F)c3)ncn2)c1. The van der Waals surface area contributed by atoms with Crippen molar-refractivity contribution >= 4 is 23.0 Å². The van der Waals surface area contributed by atoms with E-state index in [0.29, 0.717) is 23.0 Å². The number of anilines is 4. The molecule has 1 aromatic heterocycles. The largest absolute Gasteiger partial charge is 0.340 e. The van der Waals surface area contributed by atoms with Crippen molar-refractivity contribution < 1.29 is 8.78 Å². The maximum absolute atomic E-state index is 13.2. The van der Waals surface area contributed by atoms with Crippen LogP contribution >= 0.6 is 0 Å². The Hall–Kier alpha value is -3.02. The molecule has 2 aromatic carbocycles. The summed E-state index contributed by atoms with van der Waals surface area (Å²) < 4.78 is 26.3. The number of nitrogens with one attached hydrogen (secondary N) is 2. The van der Waals surface area contributed by atoms with Gasteiger partial charge in [0.05, 0.1) is 0 Å². The van der Waals surface area contributed by atoms with Crippen LogP contribution < -0.4 is 10.6 Å². The third-order valence-electron chi connectivity index (χ3n) is 2.86. The van der Waals surface area contributed by atoms with Gasteiger partial charge in [-0.2, -0.15) is 0 Å². The summed E-state index contributed by atoms with van der Waals surface area (Å²) in [5.41, 5.74) is 1.16. The van der Waals surface area contributed by atoms with Gasteiger partial charge in [0.2, 0.25) is 0 Å². The predicted octanol–water partition coefficient (Wildman–Crippen LogP) is 4.24. The third-order valence-corrected chi connectivity index (χ3v) is 2.86. The van der Waals surface area contributed by atoms with E-state index in [-0.39, 0.29) is 11.6 Å². The minimum Gasteiger partial charge on any atom is -0.340 e. The average molecular weight is 298 g/mol. The van der Waals surface area contributed by atoms with Crippen molar-refractivity contribution in [2.24, 2.45) is 0 Å². The molecule has 0 aliphatic rings. The molecule has 0 bridgehead atoms. The van der Waals surface area contributed by atoms with E-state index in [1.807, 2.05) is 0 Å². The predicted molar refractivity (Wildman–Crippen MR) is 81.4 cm³/mol. The summed E-state index contributed by atoms with van der Waals surface area (Å²) in [6.45, 7) is 0. The van der Waals surface area contributed by atoms with Gasteiger partial charge in [-0.05, 0) is 36.4 Å². The summed E-state index contributed by atoms with van der Waals surface area (Å²) in [5, 5.41) is 5.95. The van der Waals surface area contributed by atoms with E-state index >= 15 is 0 Å². The molecule has 1 heterocycles. The molecule has 110 valence electrons. The topological polar surface area (TPSA) is 49.8 Å². The van der Waals surface area contributed by atoms with Gasteiger partial charge >= 0.3 is 0 Å². The molecule has 0 spiro atoms. The first-order chi connectivity index (χ1) is 10.7. The minimum atomic E-state index is -0.336. The lowest BCUT2D eigenvalue weighted by molar-refractivity contribution is 0.628. The third kappa shape index (κ3) is 3.54. The first-order valence-corrected chi connectivity index (χ1v) is 6.56. The van der Waals surface area contributed by atoms with Crippen LogP contribution in [0.1, 0.15) is 0 Å². The monoisotopic (exact) mass is 298 g/mol. The van der Waals surface area contributed by atoms with Crippen molar-refractivity contribution in [1.29, 1.82) is 0 Å². The van der Waals surface area contributed by atoms with Crippen LogP contribution in [-0.2, 0) is 0 Å². The molecule has 4 nitrogen and oxygen atoms in total. The van der Waals surface area contributed by atoms with E-state index in [2.05, 4.69) is 20.6 Å². The highest BCUT2D eigenvalue weighted by Gasteiger charge is 2.02. The second-order valence-corrected chi connectivity index (χ2v) is 4.56. The summed E-state index contributed by atoms with van der Waals surface area (Å²) in [6, 6.07) is 13.8. The van der Waals surface area contributed by atoms with E-state index in [1.165, 1.54) is 30.6 Å². The standard InChI is InChI=1S/C16H12F2N4/c17-11-3-1-5-13(7-11)21-15-9-16(20-10-19-15)22-14-6-2-4-12(18)8-14/h1-10H,(H2,19,20,21,22). The molecule has 3 aromatic rings. The summed E-state index contributed by atoms with van der Waals surface area (Å²) in [4.78, 5) is 8.13. The highest BCUT2D eigenvalue weighted by Crippen LogP contribution is 2.20. The zero-order chi connectivity index (χ0) is 15.4. The normalized spacial score (nSPS) is 10.3. The number of halogens is 2. The average Bonchev–Trinajstić information content (AvgIpc) is 2.47. The van der Waals surface area contributed by atoms with Crippen molar-refractivity contribution in [3.8, 4) is 0 Å². The van der Waals surface area contributed by atoms with Crippen LogP contribution in [0.4, 0.5) is 31.8 Å². The van der Waals surface area contributed by atoms with Crippen molar-refractivity contribution in [2.45, 2.75) is 0 Å². The highest BCUT2D eigenvalue weighted by atomic mass is 19.1. The Bertz CT molecular complexity index is 730. The minimum absolute atomic E-state index is 0.336. The number of hydrogen-bond acceptors (Lipinski definition) is 4. The van der Waals surface area contributed by atoms with Crippen molar-refractivity contribution in [3.05, 3.63) is 72.6 Å². The quantitative estimate of drug-likeness (QED) is 0.756. The molecule has 0 fully saturated rings. The smallest absolute Gasteiger partial charge is 0.135 e. The fraction of sp³-hybridized carbons (Fsp3) is 0. The Labute approximate surface area is 125 Å². The fourth-order valence-electron chi connectivity index (χ4n) is 1.92. The molecule has 0 amide bonds. The molecule has 2 N–H and O–H groups in total. The molecule has 0 aliphatic carbocycles. The number of hydrogen-bond donors (Lipinski definition) is 2. The molecule has 0 aliphatic heterocycles. The summed E-state index contributed by atoms with van der Waals surface area (Å²) >= 11 is 0. The van der Waals surface area contributed by atoms with Gasteiger partial charge in [-0.25, -0.2) is 18.7 Å². The van der Waals surface area contributed by atoms with E-state index in [4.69, 9.17) is 0 Å². The molecular weight excluding hydrogens is 286 g/mol. The Morgan fingerprint density at radius 2 is 1.18 bits per heavy atom. The van der Waals surface area contributed by atoms with Gasteiger partial charge in [-0.3, -0.25) is 0 Å². The van der Waals surface area contributed by atoms with Crippen molar-refractivity contribution in [3.63, 3.8) is 0 Å². The molecular formula is C16H12F2N4. The lowest BCUT2D eigenvalue weighted by Crippen LogP contribution is -1.98. The lowest BCUT2D eigenvalue weighted by Gasteiger charge is -2.08. The fourth-order valence-corrected chi connectivity index (χ4v) is 1.92. The van der Waals surface area contributed by atoms with Gasteiger partial charge in [0.15, 0.2) is 0 Å². The molecule has 0 saturated carbocycles. The number of aromatic nitrogens is 2. The van der Waals surface area contributed by atoms with E-state index in [1.54, 1.807) is 30.3 Å². The Balaban J connectivity index is 1.78. The summed E-state index contributed by atoms with van der Waals surface area (Å²) in [5.74, 6) is 0.327. The highest BCUT2D eigenvalue weighted by molar-refractivity contribution is 5.62. The maximum Gasteiger partial charge on any atom is 0.135 e. The number of rotatable bonds is 4.